The van der Waals surface area contributed by atoms with Crippen molar-refractivity contribution in [1.29, 1.82) is 0 Å². The van der Waals surface area contributed by atoms with E-state index in [1.54, 1.807) is 13.1 Å². The molecule has 1 amide bonds. The predicted octanol–water partition coefficient (Wildman–Crippen LogP) is 1.60. The summed E-state index contributed by atoms with van der Waals surface area (Å²) in [5, 5.41) is 15.1. The van der Waals surface area contributed by atoms with E-state index in [4.69, 9.17) is 4.42 Å². The molecule has 1 N–H and O–H groups in total. The molecule has 1 aliphatic heterocycles. The normalized spacial score (nSPS) is 18.9. The molecule has 1 aliphatic rings. The highest BCUT2D eigenvalue weighted by molar-refractivity contribution is 7.99. The number of nitrogens with one attached hydrogen (secondary N) is 1. The van der Waals surface area contributed by atoms with E-state index < -0.39 is 0 Å². The molecule has 0 bridgehead atoms. The molecular formula is C13H17N5O2S. The van der Waals surface area contributed by atoms with Crippen LogP contribution in [0.5, 0.6) is 0 Å². The zero-order chi connectivity index (χ0) is 14.7. The lowest BCUT2D eigenvalue weighted by Gasteiger charge is -2.32. The Balaban J connectivity index is 1.54. The van der Waals surface area contributed by atoms with Gasteiger partial charge in [-0.2, -0.15) is 5.10 Å². The van der Waals surface area contributed by atoms with E-state index in [1.807, 2.05) is 11.0 Å². The first-order valence-electron chi connectivity index (χ1n) is 6.92. The molecule has 1 saturated heterocycles. The topological polar surface area (TPSA) is 87.9 Å². The first-order valence-corrected chi connectivity index (χ1v) is 7.91. The SMILES string of the molecule is Cc1nnc(SCC(=O)N2CCCC(c3ccn[nH]3)C2)o1. The van der Waals surface area contributed by atoms with E-state index in [2.05, 4.69) is 20.4 Å². The molecular weight excluding hydrogens is 290 g/mol. The molecule has 0 saturated carbocycles. The molecule has 8 heteroatoms. The predicted molar refractivity (Wildman–Crippen MR) is 76.9 cm³/mol. The Bertz CT molecular complexity index is 597. The van der Waals surface area contributed by atoms with Crippen molar-refractivity contribution in [3.05, 3.63) is 23.8 Å². The number of amides is 1. The third-order valence-electron chi connectivity index (χ3n) is 3.56. The number of piperidine rings is 1. The van der Waals surface area contributed by atoms with Crippen molar-refractivity contribution in [2.24, 2.45) is 0 Å². The van der Waals surface area contributed by atoms with Crippen molar-refractivity contribution >= 4 is 17.7 Å². The van der Waals surface area contributed by atoms with E-state index >= 15 is 0 Å². The standard InChI is InChI=1S/C13H17N5O2S/c1-9-15-17-13(20-9)21-8-12(19)18-6-2-3-10(7-18)11-4-5-14-16-11/h4-5,10H,2-3,6-8H2,1H3,(H,14,16). The summed E-state index contributed by atoms with van der Waals surface area (Å²) >= 11 is 1.29. The number of hydrogen-bond donors (Lipinski definition) is 1. The Morgan fingerprint density at radius 1 is 1.57 bits per heavy atom. The van der Waals surface area contributed by atoms with Gasteiger partial charge in [-0.25, -0.2) is 0 Å². The molecule has 0 spiro atoms. The lowest BCUT2D eigenvalue weighted by atomic mass is 9.95. The van der Waals surface area contributed by atoms with Crippen molar-refractivity contribution < 1.29 is 9.21 Å². The smallest absolute Gasteiger partial charge is 0.277 e. The van der Waals surface area contributed by atoms with Crippen LogP contribution in [-0.2, 0) is 4.79 Å². The number of rotatable bonds is 4. The number of H-pyrrole nitrogens is 1. The molecule has 3 rings (SSSR count). The lowest BCUT2D eigenvalue weighted by molar-refractivity contribution is -0.129. The molecule has 1 fully saturated rings. The van der Waals surface area contributed by atoms with Crippen LogP contribution in [0.25, 0.3) is 0 Å². The number of aromatic nitrogens is 4. The van der Waals surface area contributed by atoms with Gasteiger partial charge in [0.2, 0.25) is 11.8 Å². The summed E-state index contributed by atoms with van der Waals surface area (Å²) < 4.78 is 5.26. The van der Waals surface area contributed by atoms with Gasteiger partial charge in [0.15, 0.2) is 0 Å². The minimum absolute atomic E-state index is 0.111. The van der Waals surface area contributed by atoms with Gasteiger partial charge in [0.05, 0.1) is 5.75 Å². The summed E-state index contributed by atoms with van der Waals surface area (Å²) in [5.74, 6) is 1.31. The minimum atomic E-state index is 0.111. The Labute approximate surface area is 126 Å². The van der Waals surface area contributed by atoms with Gasteiger partial charge in [-0.15, -0.1) is 10.2 Å². The quantitative estimate of drug-likeness (QED) is 0.863. The Morgan fingerprint density at radius 2 is 2.48 bits per heavy atom. The number of thioether (sulfide) groups is 1. The average Bonchev–Trinajstić information content (AvgIpc) is 3.16. The Kier molecular flexibility index (Phi) is 4.23. The molecule has 3 heterocycles. The lowest BCUT2D eigenvalue weighted by Crippen LogP contribution is -2.40. The summed E-state index contributed by atoms with van der Waals surface area (Å²) in [5.41, 5.74) is 1.10. The second kappa shape index (κ2) is 6.30. The summed E-state index contributed by atoms with van der Waals surface area (Å²) in [7, 11) is 0. The fraction of sp³-hybridized carbons (Fsp3) is 0.538. The van der Waals surface area contributed by atoms with Gasteiger partial charge < -0.3 is 9.32 Å². The zero-order valence-electron chi connectivity index (χ0n) is 11.8. The van der Waals surface area contributed by atoms with Crippen LogP contribution < -0.4 is 0 Å². The number of likely N-dealkylation sites (tertiary alicyclic amines) is 1. The van der Waals surface area contributed by atoms with Gasteiger partial charge in [-0.1, -0.05) is 11.8 Å². The summed E-state index contributed by atoms with van der Waals surface area (Å²) in [6.45, 7) is 3.29. The highest BCUT2D eigenvalue weighted by Crippen LogP contribution is 2.26. The number of hydrogen-bond acceptors (Lipinski definition) is 6. The second-order valence-corrected chi connectivity index (χ2v) is 5.99. The van der Waals surface area contributed by atoms with E-state index in [-0.39, 0.29) is 5.91 Å². The van der Waals surface area contributed by atoms with Crippen molar-refractivity contribution in [3.63, 3.8) is 0 Å². The number of nitrogens with zero attached hydrogens (tertiary/aromatic N) is 4. The van der Waals surface area contributed by atoms with E-state index in [9.17, 15) is 4.79 Å². The fourth-order valence-corrected chi connectivity index (χ4v) is 3.21. The molecule has 112 valence electrons. The maximum atomic E-state index is 12.3. The van der Waals surface area contributed by atoms with Crippen molar-refractivity contribution in [2.45, 2.75) is 30.9 Å². The maximum Gasteiger partial charge on any atom is 0.277 e. The molecule has 0 radical (unpaired) electrons. The van der Waals surface area contributed by atoms with Gasteiger partial charge in [0.1, 0.15) is 0 Å². The van der Waals surface area contributed by atoms with Crippen LogP contribution >= 0.6 is 11.8 Å². The molecule has 21 heavy (non-hydrogen) atoms. The van der Waals surface area contributed by atoms with E-state index in [0.717, 1.165) is 31.6 Å². The first kappa shape index (κ1) is 14.1. The number of aryl methyl sites for hydroxylation is 1. The molecule has 1 unspecified atom stereocenters. The van der Waals surface area contributed by atoms with Gasteiger partial charge in [0.25, 0.3) is 5.22 Å². The van der Waals surface area contributed by atoms with Gasteiger partial charge >= 0.3 is 0 Å². The van der Waals surface area contributed by atoms with Crippen molar-refractivity contribution in [2.75, 3.05) is 18.8 Å². The Hall–Kier alpha value is -1.83. The monoisotopic (exact) mass is 307 g/mol. The molecule has 2 aromatic heterocycles. The molecule has 0 aromatic carbocycles. The van der Waals surface area contributed by atoms with Crippen LogP contribution in [0.15, 0.2) is 21.9 Å². The summed E-state index contributed by atoms with van der Waals surface area (Å²) in [6, 6.07) is 1.98. The van der Waals surface area contributed by atoms with Gasteiger partial charge in [0, 0.05) is 37.8 Å². The highest BCUT2D eigenvalue weighted by atomic mass is 32.2. The van der Waals surface area contributed by atoms with E-state index in [1.165, 1.54) is 11.8 Å². The van der Waals surface area contributed by atoms with Crippen molar-refractivity contribution in [3.8, 4) is 0 Å². The summed E-state index contributed by atoms with van der Waals surface area (Å²) in [6.07, 6.45) is 3.85. The van der Waals surface area contributed by atoms with Crippen LogP contribution in [0.3, 0.4) is 0 Å². The molecule has 2 aromatic rings. The van der Waals surface area contributed by atoms with Crippen LogP contribution in [0, 0.1) is 6.92 Å². The van der Waals surface area contributed by atoms with E-state index in [0.29, 0.717) is 22.8 Å². The minimum Gasteiger partial charge on any atom is -0.416 e. The van der Waals surface area contributed by atoms with Crippen LogP contribution in [0.4, 0.5) is 0 Å². The fourth-order valence-electron chi connectivity index (χ4n) is 2.50. The van der Waals surface area contributed by atoms with Crippen LogP contribution in [-0.4, -0.2) is 50.0 Å². The largest absolute Gasteiger partial charge is 0.416 e. The zero-order valence-corrected chi connectivity index (χ0v) is 12.6. The Morgan fingerprint density at radius 3 is 3.19 bits per heavy atom. The van der Waals surface area contributed by atoms with Crippen LogP contribution in [0.2, 0.25) is 0 Å². The average molecular weight is 307 g/mol. The van der Waals surface area contributed by atoms with Crippen molar-refractivity contribution in [1.82, 2.24) is 25.3 Å². The van der Waals surface area contributed by atoms with Gasteiger partial charge in [-0.05, 0) is 18.9 Å². The second-order valence-electron chi connectivity index (χ2n) is 5.07. The maximum absolute atomic E-state index is 12.3. The van der Waals surface area contributed by atoms with Crippen LogP contribution in [0.1, 0.15) is 30.3 Å². The van der Waals surface area contributed by atoms with Gasteiger partial charge in [-0.3, -0.25) is 9.89 Å². The molecule has 1 atom stereocenters. The highest BCUT2D eigenvalue weighted by Gasteiger charge is 2.25. The number of aromatic amines is 1. The molecule has 0 aliphatic carbocycles. The first-order chi connectivity index (χ1) is 10.2. The third-order valence-corrected chi connectivity index (χ3v) is 4.37. The molecule has 7 nitrogen and oxygen atoms in total. The third kappa shape index (κ3) is 3.44. The summed E-state index contributed by atoms with van der Waals surface area (Å²) in [4.78, 5) is 14.2. The number of carbonyl (C=O) groups excluding carboxylic acids is 1. The number of carbonyl (C=O) groups is 1.